The van der Waals surface area contributed by atoms with Gasteiger partial charge >= 0.3 is 0 Å². The van der Waals surface area contributed by atoms with Crippen LogP contribution in [0.1, 0.15) is 32.3 Å². The Balaban J connectivity index is 2.70. The Bertz CT molecular complexity index is 379. The normalized spacial score (nSPS) is 14.3. The molecule has 0 saturated heterocycles. The Morgan fingerprint density at radius 3 is 2.22 bits per heavy atom. The average Bonchev–Trinajstić information content (AvgIpc) is 2.29. The Morgan fingerprint density at radius 1 is 1.22 bits per heavy atom. The summed E-state index contributed by atoms with van der Waals surface area (Å²) in [6, 6.07) is 9.83. The summed E-state index contributed by atoms with van der Waals surface area (Å²) in [6.45, 7) is 11.5. The van der Waals surface area contributed by atoms with Crippen molar-refractivity contribution in [2.75, 3.05) is 6.61 Å². The Hall–Kier alpha value is -0.933. The van der Waals surface area contributed by atoms with Crippen LogP contribution in [0, 0.1) is 0 Å². The van der Waals surface area contributed by atoms with E-state index >= 15 is 0 Å². The fourth-order valence-corrected chi connectivity index (χ4v) is 2.46. The van der Waals surface area contributed by atoms with Crippen LogP contribution in [0.3, 0.4) is 0 Å². The van der Waals surface area contributed by atoms with Gasteiger partial charge in [-0.1, -0.05) is 51.1 Å². The van der Waals surface area contributed by atoms with Crippen molar-refractivity contribution in [2.24, 2.45) is 0 Å². The van der Waals surface area contributed by atoms with Crippen molar-refractivity contribution >= 4 is 14.6 Å². The molecule has 1 aromatic carbocycles. The number of hydrogen-bond donors (Lipinski definition) is 0. The third-order valence-electron chi connectivity index (χ3n) is 3.82. The van der Waals surface area contributed by atoms with Crippen LogP contribution in [0.5, 0.6) is 0 Å². The van der Waals surface area contributed by atoms with Crippen molar-refractivity contribution < 1.29 is 9.22 Å². The van der Waals surface area contributed by atoms with Crippen LogP contribution in [0.4, 0.5) is 0 Å². The van der Waals surface area contributed by atoms with Crippen molar-refractivity contribution in [3.8, 4) is 0 Å². The average molecular weight is 264 g/mol. The van der Waals surface area contributed by atoms with Gasteiger partial charge in [-0.15, -0.1) is 0 Å². The van der Waals surface area contributed by atoms with Crippen LogP contribution >= 0.6 is 0 Å². The highest BCUT2D eigenvalue weighted by Gasteiger charge is 2.37. The maximum absolute atomic E-state index is 11.2. The minimum absolute atomic E-state index is 0.152. The van der Waals surface area contributed by atoms with Gasteiger partial charge in [-0.2, -0.15) is 0 Å². The zero-order chi connectivity index (χ0) is 13.8. The van der Waals surface area contributed by atoms with Crippen molar-refractivity contribution in [1.82, 2.24) is 0 Å². The highest BCUT2D eigenvalue weighted by atomic mass is 28.4. The van der Waals surface area contributed by atoms with Crippen LogP contribution < -0.4 is 0 Å². The summed E-state index contributed by atoms with van der Waals surface area (Å²) in [6.07, 6.45) is 0.989. The molecule has 0 saturated carbocycles. The van der Waals surface area contributed by atoms with E-state index in [1.165, 1.54) is 0 Å². The fourth-order valence-electron chi connectivity index (χ4n) is 1.43. The van der Waals surface area contributed by atoms with Gasteiger partial charge in [-0.25, -0.2) is 0 Å². The van der Waals surface area contributed by atoms with Gasteiger partial charge < -0.3 is 9.22 Å². The second-order valence-corrected chi connectivity index (χ2v) is 11.0. The van der Waals surface area contributed by atoms with Crippen molar-refractivity contribution in [3.05, 3.63) is 35.9 Å². The first-order valence-corrected chi connectivity index (χ1v) is 9.33. The van der Waals surface area contributed by atoms with Gasteiger partial charge in [0.2, 0.25) is 0 Å². The lowest BCUT2D eigenvalue weighted by atomic mass is 10.0. The van der Waals surface area contributed by atoms with Crippen LogP contribution in [0.2, 0.25) is 18.1 Å². The zero-order valence-electron chi connectivity index (χ0n) is 12.1. The number of carbonyl (C=O) groups excluding carboxylic acids is 1. The van der Waals surface area contributed by atoms with E-state index in [2.05, 4.69) is 33.9 Å². The molecule has 0 fully saturated rings. The molecule has 3 heteroatoms. The van der Waals surface area contributed by atoms with Crippen LogP contribution in [-0.4, -0.2) is 21.2 Å². The zero-order valence-corrected chi connectivity index (χ0v) is 13.1. The molecule has 0 aliphatic carbocycles. The van der Waals surface area contributed by atoms with E-state index in [-0.39, 0.29) is 11.0 Å². The first-order chi connectivity index (χ1) is 8.28. The molecule has 0 bridgehead atoms. The molecular formula is C15H24O2Si. The predicted octanol–water partition coefficient (Wildman–Crippen LogP) is 3.99. The minimum atomic E-state index is -1.78. The van der Waals surface area contributed by atoms with Gasteiger partial charge in [0.05, 0.1) is 5.92 Å². The molecule has 0 amide bonds. The van der Waals surface area contributed by atoms with E-state index in [1.807, 2.05) is 30.3 Å². The highest BCUT2D eigenvalue weighted by molar-refractivity contribution is 6.74. The third kappa shape index (κ3) is 3.78. The lowest BCUT2D eigenvalue weighted by Crippen LogP contribution is -2.41. The Morgan fingerprint density at radius 2 is 1.78 bits per heavy atom. The van der Waals surface area contributed by atoms with Crippen molar-refractivity contribution in [2.45, 2.75) is 44.8 Å². The number of benzene rings is 1. The quantitative estimate of drug-likeness (QED) is 0.594. The van der Waals surface area contributed by atoms with E-state index in [0.717, 1.165) is 11.8 Å². The fraction of sp³-hybridized carbons (Fsp3) is 0.533. The molecule has 0 N–H and O–H groups in total. The molecule has 0 spiro atoms. The summed E-state index contributed by atoms with van der Waals surface area (Å²) in [7, 11) is -1.78. The summed E-state index contributed by atoms with van der Waals surface area (Å²) in [4.78, 5) is 11.2. The minimum Gasteiger partial charge on any atom is -0.416 e. The molecule has 0 aromatic heterocycles. The maximum atomic E-state index is 11.2. The van der Waals surface area contributed by atoms with E-state index in [9.17, 15) is 4.79 Å². The summed E-state index contributed by atoms with van der Waals surface area (Å²) in [5.74, 6) is -0.152. The number of hydrogen-bond acceptors (Lipinski definition) is 2. The smallest absolute Gasteiger partial charge is 0.192 e. The number of aldehydes is 1. The van der Waals surface area contributed by atoms with Crippen molar-refractivity contribution in [3.63, 3.8) is 0 Å². The molecular weight excluding hydrogens is 240 g/mol. The molecule has 100 valence electrons. The van der Waals surface area contributed by atoms with E-state index in [0.29, 0.717) is 6.61 Å². The molecule has 0 radical (unpaired) electrons. The molecule has 0 aliphatic heterocycles. The van der Waals surface area contributed by atoms with Gasteiger partial charge in [0.15, 0.2) is 8.32 Å². The molecule has 1 aromatic rings. The van der Waals surface area contributed by atoms with E-state index < -0.39 is 8.32 Å². The lowest BCUT2D eigenvalue weighted by molar-refractivity contribution is -0.109. The highest BCUT2D eigenvalue weighted by Crippen LogP contribution is 2.37. The number of carbonyl (C=O) groups is 1. The first-order valence-electron chi connectivity index (χ1n) is 6.42. The molecule has 1 atom stereocenters. The molecule has 0 aliphatic rings. The van der Waals surface area contributed by atoms with Gasteiger partial charge in [0.25, 0.3) is 0 Å². The molecule has 2 nitrogen and oxygen atoms in total. The molecule has 0 heterocycles. The summed E-state index contributed by atoms with van der Waals surface area (Å²) >= 11 is 0. The molecule has 0 unspecified atom stereocenters. The monoisotopic (exact) mass is 264 g/mol. The predicted molar refractivity (Wildman–Crippen MR) is 78.4 cm³/mol. The van der Waals surface area contributed by atoms with Gasteiger partial charge in [0, 0.05) is 6.61 Å². The second kappa shape index (κ2) is 5.80. The van der Waals surface area contributed by atoms with Crippen LogP contribution in [0.15, 0.2) is 30.3 Å². The number of rotatable bonds is 5. The van der Waals surface area contributed by atoms with Crippen LogP contribution in [0.25, 0.3) is 0 Å². The topological polar surface area (TPSA) is 26.3 Å². The van der Waals surface area contributed by atoms with E-state index in [1.54, 1.807) is 0 Å². The van der Waals surface area contributed by atoms with Gasteiger partial charge in [-0.3, -0.25) is 0 Å². The Labute approximate surface area is 111 Å². The summed E-state index contributed by atoms with van der Waals surface area (Å²) in [5, 5.41) is 0.178. The molecule has 1 rings (SSSR count). The first kappa shape index (κ1) is 15.1. The Kier molecular flexibility index (Phi) is 4.88. The van der Waals surface area contributed by atoms with Gasteiger partial charge in [0.1, 0.15) is 6.29 Å². The summed E-state index contributed by atoms with van der Waals surface area (Å²) in [5.41, 5.74) is 1.03. The largest absolute Gasteiger partial charge is 0.416 e. The lowest BCUT2D eigenvalue weighted by Gasteiger charge is -2.36. The van der Waals surface area contributed by atoms with Gasteiger partial charge in [-0.05, 0) is 23.7 Å². The second-order valence-electron chi connectivity index (χ2n) is 6.22. The maximum Gasteiger partial charge on any atom is 0.192 e. The third-order valence-corrected chi connectivity index (χ3v) is 8.32. The van der Waals surface area contributed by atoms with Crippen molar-refractivity contribution in [1.29, 1.82) is 0 Å². The molecule has 18 heavy (non-hydrogen) atoms. The SMILES string of the molecule is CC(C)(C)[Si](C)(C)OC[C@H](C=O)c1ccccc1. The summed E-state index contributed by atoms with van der Waals surface area (Å²) < 4.78 is 6.11. The van der Waals surface area contributed by atoms with Crippen LogP contribution in [-0.2, 0) is 9.22 Å². The van der Waals surface area contributed by atoms with E-state index in [4.69, 9.17) is 4.43 Å². The standard InChI is InChI=1S/C15H24O2Si/c1-15(2,3)18(4,5)17-12-14(11-16)13-9-7-6-8-10-13/h6-11,14H,12H2,1-5H3/t14-/m0/s1.